The molecule has 0 aliphatic rings. The standard InChI is InChI=1S/C19H12ClF4N5O2S/c20-11-2-1-3-14(16(11)21)32(30,31)29-10-6-4-9(5-7-10)12-8-13-15(18(25)28-27-13)17(26-12)19(22,23)24/h1-8,29H,(H3,25,27,28). The first-order valence-electron chi connectivity index (χ1n) is 8.76. The number of hydrogen-bond acceptors (Lipinski definition) is 5. The molecule has 0 unspecified atom stereocenters. The molecular formula is C19H12ClF4N5O2S. The zero-order valence-electron chi connectivity index (χ0n) is 15.7. The van der Waals surface area contributed by atoms with Crippen molar-refractivity contribution in [1.82, 2.24) is 15.2 Å². The number of nitrogen functional groups attached to an aromatic ring is 1. The van der Waals surface area contributed by atoms with E-state index in [1.165, 1.54) is 42.5 Å². The molecule has 7 nitrogen and oxygen atoms in total. The summed E-state index contributed by atoms with van der Waals surface area (Å²) in [6, 6.07) is 10.2. The number of sulfonamides is 1. The number of aromatic amines is 1. The number of aromatic nitrogens is 3. The minimum absolute atomic E-state index is 0.0382. The van der Waals surface area contributed by atoms with E-state index in [-0.39, 0.29) is 38.7 Å². The summed E-state index contributed by atoms with van der Waals surface area (Å²) in [7, 11) is -4.30. The number of nitrogens with two attached hydrogens (primary N) is 1. The average Bonchev–Trinajstić information content (AvgIpc) is 3.09. The normalized spacial score (nSPS) is 12.3. The van der Waals surface area contributed by atoms with Crippen LogP contribution in [0.4, 0.5) is 29.1 Å². The molecule has 13 heteroatoms. The molecule has 4 N–H and O–H groups in total. The molecule has 0 aliphatic carbocycles. The van der Waals surface area contributed by atoms with Crippen molar-refractivity contribution >= 4 is 44.0 Å². The number of nitrogens with one attached hydrogen (secondary N) is 2. The fourth-order valence-electron chi connectivity index (χ4n) is 3.03. The predicted molar refractivity (Wildman–Crippen MR) is 111 cm³/mol. The number of benzene rings is 2. The van der Waals surface area contributed by atoms with Gasteiger partial charge in [-0.25, -0.2) is 17.8 Å². The van der Waals surface area contributed by atoms with Gasteiger partial charge in [-0.15, -0.1) is 0 Å². The Kier molecular flexibility index (Phi) is 5.21. The highest BCUT2D eigenvalue weighted by molar-refractivity contribution is 7.92. The number of halogens is 5. The first-order valence-corrected chi connectivity index (χ1v) is 10.6. The van der Waals surface area contributed by atoms with Gasteiger partial charge in [0.25, 0.3) is 10.0 Å². The van der Waals surface area contributed by atoms with Gasteiger partial charge in [-0.3, -0.25) is 9.82 Å². The summed E-state index contributed by atoms with van der Waals surface area (Å²) in [6.07, 6.45) is -4.77. The largest absolute Gasteiger partial charge is 0.434 e. The lowest BCUT2D eigenvalue weighted by Gasteiger charge is -2.12. The van der Waals surface area contributed by atoms with Crippen LogP contribution in [-0.2, 0) is 16.2 Å². The zero-order valence-corrected chi connectivity index (χ0v) is 17.3. The lowest BCUT2D eigenvalue weighted by Crippen LogP contribution is -2.14. The third-order valence-electron chi connectivity index (χ3n) is 4.48. The summed E-state index contributed by atoms with van der Waals surface area (Å²) in [6.45, 7) is 0. The average molecular weight is 486 g/mol. The molecule has 4 aromatic rings. The Morgan fingerprint density at radius 3 is 2.44 bits per heavy atom. The summed E-state index contributed by atoms with van der Waals surface area (Å²) in [5.41, 5.74) is 4.65. The second-order valence-electron chi connectivity index (χ2n) is 6.62. The molecule has 0 fully saturated rings. The SMILES string of the molecule is Nc1n[nH]c2cc(-c3ccc(NS(=O)(=O)c4cccc(Cl)c4F)cc3)nc(C(F)(F)F)c12. The Hall–Kier alpha value is -3.38. The highest BCUT2D eigenvalue weighted by Crippen LogP contribution is 2.37. The second-order valence-corrected chi connectivity index (χ2v) is 8.68. The van der Waals surface area contributed by atoms with Crippen LogP contribution >= 0.6 is 11.6 Å². The van der Waals surface area contributed by atoms with Gasteiger partial charge in [-0.1, -0.05) is 29.8 Å². The van der Waals surface area contributed by atoms with Gasteiger partial charge < -0.3 is 5.73 Å². The summed E-state index contributed by atoms with van der Waals surface area (Å²) in [4.78, 5) is 3.04. The minimum atomic E-state index is -4.77. The minimum Gasteiger partial charge on any atom is -0.382 e. The van der Waals surface area contributed by atoms with Crippen LogP contribution in [0, 0.1) is 5.82 Å². The van der Waals surface area contributed by atoms with Crippen LogP contribution in [0.15, 0.2) is 53.4 Å². The van der Waals surface area contributed by atoms with E-state index in [1.807, 2.05) is 0 Å². The Morgan fingerprint density at radius 2 is 1.78 bits per heavy atom. The van der Waals surface area contributed by atoms with Crippen molar-refractivity contribution in [2.75, 3.05) is 10.5 Å². The van der Waals surface area contributed by atoms with Crippen molar-refractivity contribution in [1.29, 1.82) is 0 Å². The summed E-state index contributed by atoms with van der Waals surface area (Å²) < 4.78 is 81.6. The summed E-state index contributed by atoms with van der Waals surface area (Å²) in [5.74, 6) is -1.43. The molecule has 2 heterocycles. The van der Waals surface area contributed by atoms with Crippen molar-refractivity contribution in [3.63, 3.8) is 0 Å². The van der Waals surface area contributed by atoms with Crippen LogP contribution in [-0.4, -0.2) is 23.6 Å². The van der Waals surface area contributed by atoms with E-state index in [0.717, 1.165) is 6.07 Å². The number of hydrogen-bond donors (Lipinski definition) is 3. The highest BCUT2D eigenvalue weighted by Gasteiger charge is 2.36. The molecule has 2 aromatic heterocycles. The van der Waals surface area contributed by atoms with Crippen LogP contribution < -0.4 is 10.5 Å². The predicted octanol–water partition coefficient (Wildman–Crippen LogP) is 4.82. The van der Waals surface area contributed by atoms with E-state index >= 15 is 0 Å². The number of H-pyrrole nitrogens is 1. The molecule has 0 aliphatic heterocycles. The molecule has 0 spiro atoms. The van der Waals surface area contributed by atoms with Gasteiger partial charge in [-0.05, 0) is 30.3 Å². The summed E-state index contributed by atoms with van der Waals surface area (Å²) >= 11 is 5.63. The molecule has 166 valence electrons. The molecule has 32 heavy (non-hydrogen) atoms. The third-order valence-corrected chi connectivity index (χ3v) is 6.17. The van der Waals surface area contributed by atoms with Gasteiger partial charge in [0.2, 0.25) is 0 Å². The number of nitrogens with zero attached hydrogens (tertiary/aromatic N) is 2. The third kappa shape index (κ3) is 3.94. The maximum absolute atomic E-state index is 14.1. The molecular weight excluding hydrogens is 474 g/mol. The quantitative estimate of drug-likeness (QED) is 0.359. The molecule has 4 rings (SSSR count). The first-order chi connectivity index (χ1) is 15.0. The molecule has 0 saturated carbocycles. The molecule has 0 radical (unpaired) electrons. The maximum Gasteiger partial charge on any atom is 0.434 e. The van der Waals surface area contributed by atoms with E-state index in [0.29, 0.717) is 0 Å². The van der Waals surface area contributed by atoms with Crippen LogP contribution in [0.5, 0.6) is 0 Å². The second kappa shape index (κ2) is 7.64. The number of fused-ring (bicyclic) bond motifs is 1. The van der Waals surface area contributed by atoms with Gasteiger partial charge in [0.15, 0.2) is 17.3 Å². The van der Waals surface area contributed by atoms with Crippen molar-refractivity contribution in [2.24, 2.45) is 0 Å². The van der Waals surface area contributed by atoms with E-state index in [2.05, 4.69) is 19.9 Å². The molecule has 0 bridgehead atoms. The van der Waals surface area contributed by atoms with Crippen LogP contribution in [0.25, 0.3) is 22.2 Å². The summed E-state index contributed by atoms with van der Waals surface area (Å²) in [5, 5.41) is 5.33. The van der Waals surface area contributed by atoms with Crippen molar-refractivity contribution < 1.29 is 26.0 Å². The van der Waals surface area contributed by atoms with Gasteiger partial charge >= 0.3 is 6.18 Å². The number of pyridine rings is 1. The zero-order chi connectivity index (χ0) is 23.3. The van der Waals surface area contributed by atoms with E-state index in [1.54, 1.807) is 0 Å². The molecule has 0 atom stereocenters. The van der Waals surface area contributed by atoms with E-state index in [4.69, 9.17) is 17.3 Å². The van der Waals surface area contributed by atoms with Crippen molar-refractivity contribution in [3.8, 4) is 11.3 Å². The first kappa shape index (κ1) is 21.8. The van der Waals surface area contributed by atoms with Gasteiger partial charge in [0, 0.05) is 11.3 Å². The number of alkyl halides is 3. The highest BCUT2D eigenvalue weighted by atomic mass is 35.5. The van der Waals surface area contributed by atoms with Crippen LogP contribution in [0.2, 0.25) is 5.02 Å². The number of rotatable bonds is 4. The maximum atomic E-state index is 14.1. The fourth-order valence-corrected chi connectivity index (χ4v) is 4.42. The van der Waals surface area contributed by atoms with Gasteiger partial charge in [0.1, 0.15) is 4.90 Å². The van der Waals surface area contributed by atoms with Gasteiger partial charge in [0.05, 0.1) is 21.6 Å². The lowest BCUT2D eigenvalue weighted by molar-refractivity contribution is -0.139. The Labute approximate surface area is 183 Å². The van der Waals surface area contributed by atoms with Gasteiger partial charge in [-0.2, -0.15) is 18.3 Å². The molecule has 2 aromatic carbocycles. The van der Waals surface area contributed by atoms with E-state index in [9.17, 15) is 26.0 Å². The van der Waals surface area contributed by atoms with Crippen LogP contribution in [0.1, 0.15) is 5.69 Å². The molecule has 0 amide bonds. The Balaban J connectivity index is 1.69. The van der Waals surface area contributed by atoms with Crippen molar-refractivity contribution in [2.45, 2.75) is 11.1 Å². The fraction of sp³-hybridized carbons (Fsp3) is 0.0526. The molecule has 0 saturated heterocycles. The Bertz CT molecular complexity index is 1440. The number of anilines is 2. The topological polar surface area (TPSA) is 114 Å². The monoisotopic (exact) mass is 485 g/mol. The van der Waals surface area contributed by atoms with Crippen LogP contribution in [0.3, 0.4) is 0 Å². The van der Waals surface area contributed by atoms with E-state index < -0.39 is 32.6 Å². The smallest absolute Gasteiger partial charge is 0.382 e. The van der Waals surface area contributed by atoms with Crippen molar-refractivity contribution in [3.05, 3.63) is 65.1 Å². The lowest BCUT2D eigenvalue weighted by atomic mass is 10.1. The Morgan fingerprint density at radius 1 is 1.09 bits per heavy atom.